The van der Waals surface area contributed by atoms with E-state index in [-0.39, 0.29) is 18.5 Å². The van der Waals surface area contributed by atoms with E-state index in [1.54, 1.807) is 12.4 Å². The Morgan fingerprint density at radius 2 is 1.69 bits per heavy atom. The second-order valence-corrected chi connectivity index (χ2v) is 5.23. The Balaban J connectivity index is 2.10. The summed E-state index contributed by atoms with van der Waals surface area (Å²) in [6.07, 6.45) is 3.41. The summed E-state index contributed by atoms with van der Waals surface area (Å²) in [7, 11) is 0. The number of anilines is 1. The average molecular weight is 227 g/mol. The zero-order valence-electron chi connectivity index (χ0n) is 9.67. The van der Waals surface area contributed by atoms with Crippen LogP contribution in [-0.4, -0.2) is 29.0 Å². The zero-order chi connectivity index (χ0) is 12.0. The van der Waals surface area contributed by atoms with Crippen LogP contribution in [0.25, 0.3) is 0 Å². The van der Waals surface area contributed by atoms with Gasteiger partial charge in [0, 0.05) is 12.4 Å². The smallest absolute Gasteiger partial charge is 0.282 e. The summed E-state index contributed by atoms with van der Waals surface area (Å²) in [5.74, 6) is -2.19. The maximum Gasteiger partial charge on any atom is 0.282 e. The van der Waals surface area contributed by atoms with Gasteiger partial charge in [0.1, 0.15) is 0 Å². The van der Waals surface area contributed by atoms with Crippen molar-refractivity contribution in [3.8, 4) is 0 Å². The van der Waals surface area contributed by atoms with Crippen molar-refractivity contribution in [2.24, 2.45) is 0 Å². The summed E-state index contributed by atoms with van der Waals surface area (Å²) < 4.78 is 25.3. The van der Waals surface area contributed by atoms with E-state index in [0.717, 1.165) is 5.56 Å². The van der Waals surface area contributed by atoms with E-state index in [4.69, 9.17) is 0 Å². The molecule has 16 heavy (non-hydrogen) atoms. The summed E-state index contributed by atoms with van der Waals surface area (Å²) in [6.45, 7) is 5.62. The van der Waals surface area contributed by atoms with Crippen LogP contribution in [0.5, 0.6) is 0 Å². The first-order valence-corrected chi connectivity index (χ1v) is 5.23. The number of hydrogen-bond acceptors (Lipinski definition) is 3. The molecule has 0 spiro atoms. The van der Waals surface area contributed by atoms with Crippen LogP contribution in [0.4, 0.5) is 14.7 Å². The normalized spacial score (nSPS) is 19.4. The van der Waals surface area contributed by atoms with Crippen molar-refractivity contribution >= 4 is 5.95 Å². The highest BCUT2D eigenvalue weighted by molar-refractivity contribution is 5.36. The molecule has 0 bridgehead atoms. The fourth-order valence-electron chi connectivity index (χ4n) is 1.53. The third kappa shape index (κ3) is 2.13. The van der Waals surface area contributed by atoms with Gasteiger partial charge in [0.2, 0.25) is 5.95 Å². The van der Waals surface area contributed by atoms with Gasteiger partial charge in [-0.15, -0.1) is 0 Å². The largest absolute Gasteiger partial charge is 0.329 e. The average Bonchev–Trinajstić information content (AvgIpc) is 2.13. The lowest BCUT2D eigenvalue weighted by molar-refractivity contribution is -0.0271. The molecule has 1 aliphatic rings. The van der Waals surface area contributed by atoms with Crippen molar-refractivity contribution in [3.05, 3.63) is 18.0 Å². The third-order valence-corrected chi connectivity index (χ3v) is 2.63. The summed E-state index contributed by atoms with van der Waals surface area (Å²) in [4.78, 5) is 9.71. The lowest BCUT2D eigenvalue weighted by atomic mass is 9.89. The van der Waals surface area contributed by atoms with Gasteiger partial charge in [-0.1, -0.05) is 20.8 Å². The Bertz CT molecular complexity index is 373. The fourth-order valence-corrected chi connectivity index (χ4v) is 1.53. The molecule has 0 amide bonds. The molecule has 0 atom stereocenters. The minimum Gasteiger partial charge on any atom is -0.329 e. The van der Waals surface area contributed by atoms with E-state index in [2.05, 4.69) is 30.7 Å². The molecule has 5 heteroatoms. The van der Waals surface area contributed by atoms with Crippen molar-refractivity contribution in [1.82, 2.24) is 9.97 Å². The molecule has 0 unspecified atom stereocenters. The van der Waals surface area contributed by atoms with Gasteiger partial charge < -0.3 is 4.90 Å². The van der Waals surface area contributed by atoms with E-state index >= 15 is 0 Å². The Labute approximate surface area is 93.5 Å². The Kier molecular flexibility index (Phi) is 2.36. The van der Waals surface area contributed by atoms with E-state index in [1.807, 2.05) is 0 Å². The van der Waals surface area contributed by atoms with E-state index in [0.29, 0.717) is 5.95 Å². The van der Waals surface area contributed by atoms with Crippen LogP contribution in [0.3, 0.4) is 0 Å². The number of halogens is 2. The molecule has 1 saturated heterocycles. The molecular weight excluding hydrogens is 212 g/mol. The second kappa shape index (κ2) is 3.37. The predicted octanol–water partition coefficient (Wildman–Crippen LogP) is 2.23. The Hall–Kier alpha value is -1.26. The minimum absolute atomic E-state index is 0.0165. The van der Waals surface area contributed by atoms with Gasteiger partial charge >= 0.3 is 0 Å². The third-order valence-electron chi connectivity index (χ3n) is 2.63. The number of rotatable bonds is 1. The molecule has 2 rings (SSSR count). The van der Waals surface area contributed by atoms with Gasteiger partial charge in [0.15, 0.2) is 0 Å². The van der Waals surface area contributed by atoms with Gasteiger partial charge in [0.05, 0.1) is 13.1 Å². The van der Waals surface area contributed by atoms with E-state index < -0.39 is 5.92 Å². The summed E-state index contributed by atoms with van der Waals surface area (Å²) in [5, 5.41) is 0. The van der Waals surface area contributed by atoms with E-state index in [9.17, 15) is 8.78 Å². The maximum absolute atomic E-state index is 12.6. The number of hydrogen-bond donors (Lipinski definition) is 0. The fraction of sp³-hybridized carbons (Fsp3) is 0.636. The lowest BCUT2D eigenvalue weighted by Gasteiger charge is -2.38. The summed E-state index contributed by atoms with van der Waals surface area (Å²) >= 11 is 0. The molecule has 88 valence electrons. The van der Waals surface area contributed by atoms with Crippen molar-refractivity contribution in [2.75, 3.05) is 18.0 Å². The van der Waals surface area contributed by atoms with Crippen LogP contribution >= 0.6 is 0 Å². The van der Waals surface area contributed by atoms with Crippen LogP contribution in [-0.2, 0) is 5.41 Å². The molecule has 1 aromatic rings. The van der Waals surface area contributed by atoms with Crippen LogP contribution in [0, 0.1) is 0 Å². The first-order chi connectivity index (χ1) is 7.28. The van der Waals surface area contributed by atoms with E-state index in [1.165, 1.54) is 4.90 Å². The highest BCUT2D eigenvalue weighted by Gasteiger charge is 2.45. The molecular formula is C11H15F2N3. The first kappa shape index (κ1) is 11.2. The van der Waals surface area contributed by atoms with Crippen molar-refractivity contribution in [3.63, 3.8) is 0 Å². The molecule has 2 heterocycles. The van der Waals surface area contributed by atoms with Crippen molar-refractivity contribution < 1.29 is 8.78 Å². The monoisotopic (exact) mass is 227 g/mol. The van der Waals surface area contributed by atoms with Crippen LogP contribution < -0.4 is 4.90 Å². The van der Waals surface area contributed by atoms with Gasteiger partial charge in [-0.25, -0.2) is 18.7 Å². The Morgan fingerprint density at radius 1 is 1.19 bits per heavy atom. The highest BCUT2D eigenvalue weighted by Crippen LogP contribution is 2.30. The molecule has 1 aliphatic heterocycles. The molecule has 0 radical (unpaired) electrons. The van der Waals surface area contributed by atoms with Gasteiger partial charge in [-0.05, 0) is 11.0 Å². The van der Waals surface area contributed by atoms with Gasteiger partial charge in [-0.2, -0.15) is 0 Å². The first-order valence-electron chi connectivity index (χ1n) is 5.23. The highest BCUT2D eigenvalue weighted by atomic mass is 19.3. The molecule has 3 nitrogen and oxygen atoms in total. The molecule has 0 aliphatic carbocycles. The van der Waals surface area contributed by atoms with Crippen LogP contribution in [0.15, 0.2) is 12.4 Å². The quantitative estimate of drug-likeness (QED) is 0.736. The topological polar surface area (TPSA) is 29.0 Å². The molecule has 1 fully saturated rings. The van der Waals surface area contributed by atoms with Crippen molar-refractivity contribution in [2.45, 2.75) is 32.1 Å². The summed E-state index contributed by atoms with van der Waals surface area (Å²) in [5.41, 5.74) is 0.987. The molecule has 0 saturated carbocycles. The zero-order valence-corrected chi connectivity index (χ0v) is 9.67. The molecule has 1 aromatic heterocycles. The van der Waals surface area contributed by atoms with Crippen LogP contribution in [0.1, 0.15) is 26.3 Å². The number of nitrogens with zero attached hydrogens (tertiary/aromatic N) is 3. The minimum atomic E-state index is -2.58. The van der Waals surface area contributed by atoms with Crippen molar-refractivity contribution in [1.29, 1.82) is 0 Å². The van der Waals surface area contributed by atoms with Gasteiger partial charge in [0.25, 0.3) is 5.92 Å². The predicted molar refractivity (Wildman–Crippen MR) is 57.9 cm³/mol. The summed E-state index contributed by atoms with van der Waals surface area (Å²) in [6, 6.07) is 0. The lowest BCUT2D eigenvalue weighted by Crippen LogP contribution is -2.57. The van der Waals surface area contributed by atoms with Gasteiger partial charge in [-0.3, -0.25) is 0 Å². The number of alkyl halides is 2. The van der Waals surface area contributed by atoms with Crippen LogP contribution in [0.2, 0.25) is 0 Å². The Morgan fingerprint density at radius 3 is 2.06 bits per heavy atom. The molecule has 0 N–H and O–H groups in total. The SMILES string of the molecule is CC(C)(C)c1cnc(N2CC(F)(F)C2)nc1. The standard InChI is InChI=1S/C11H15F2N3/c1-10(2,3)8-4-14-9(15-5-8)16-6-11(12,13)7-16/h4-5H,6-7H2,1-3H3. The number of aromatic nitrogens is 2. The second-order valence-electron chi connectivity index (χ2n) is 5.23. The maximum atomic E-state index is 12.6. The molecule has 0 aromatic carbocycles.